The highest BCUT2D eigenvalue weighted by Gasteiger charge is 2.11. The molecular weight excluding hydrogens is 378 g/mol. The summed E-state index contributed by atoms with van der Waals surface area (Å²) in [5, 5.41) is 19.2. The second-order valence-electron chi connectivity index (χ2n) is 4.00. The van der Waals surface area contributed by atoms with Gasteiger partial charge in [0.15, 0.2) is 17.8 Å². The highest BCUT2D eigenvalue weighted by Crippen LogP contribution is 2.33. The number of rotatable bonds is 4. The van der Waals surface area contributed by atoms with Crippen molar-refractivity contribution in [3.8, 4) is 17.2 Å². The van der Waals surface area contributed by atoms with E-state index in [0.717, 1.165) is 12.1 Å². The normalized spacial score (nSPS) is 10.3. The Morgan fingerprint density at radius 1 is 1.25 bits per heavy atom. The fraction of sp³-hybridized carbons (Fsp3) is 0.0714. The van der Waals surface area contributed by atoms with Crippen LogP contribution in [-0.4, -0.2) is 16.5 Å². The lowest BCUT2D eigenvalue weighted by Crippen LogP contribution is -2.00. The van der Waals surface area contributed by atoms with Crippen LogP contribution < -0.4 is 4.74 Å². The summed E-state index contributed by atoms with van der Waals surface area (Å²) in [5.74, 6) is -1.01. The van der Waals surface area contributed by atoms with Crippen LogP contribution in [0.4, 0.5) is 4.39 Å². The average molecular weight is 388 g/mol. The minimum atomic E-state index is -0.388. The molecule has 20 heavy (non-hydrogen) atoms. The Bertz CT molecular complexity index is 658. The van der Waals surface area contributed by atoms with Crippen molar-refractivity contribution in [1.29, 1.82) is 0 Å². The van der Waals surface area contributed by atoms with Crippen molar-refractivity contribution in [2.45, 2.75) is 6.61 Å². The second kappa shape index (κ2) is 6.08. The number of ether oxygens (including phenoxy) is 1. The van der Waals surface area contributed by atoms with Gasteiger partial charge in [-0.15, -0.1) is 0 Å². The predicted octanol–water partition coefficient (Wildman–Crippen LogP) is 3.23. The Morgan fingerprint density at radius 3 is 2.70 bits per heavy atom. The van der Waals surface area contributed by atoms with E-state index in [4.69, 9.17) is 4.74 Å². The van der Waals surface area contributed by atoms with Crippen LogP contribution in [-0.2, 0) is 6.61 Å². The molecule has 4 nitrogen and oxygen atoms in total. The van der Waals surface area contributed by atoms with Crippen LogP contribution in [0, 0.1) is 9.39 Å². The van der Waals surface area contributed by atoms with E-state index < -0.39 is 0 Å². The molecule has 0 radical (unpaired) electrons. The molecule has 0 atom stereocenters. The number of carbonyl (C=O) groups is 1. The number of aromatic hydroxyl groups is 2. The molecule has 0 saturated heterocycles. The van der Waals surface area contributed by atoms with Crippen molar-refractivity contribution in [3.05, 3.63) is 50.8 Å². The minimum Gasteiger partial charge on any atom is -0.507 e. The standard InChI is InChI=1S/C14H10FIO4/c15-14-8(2-1-3-10(14)16)7-20-13-5-11(18)9(6-17)4-12(13)19/h1-6,18-19H,7H2. The number of benzene rings is 2. The first-order chi connectivity index (χ1) is 9.52. The lowest BCUT2D eigenvalue weighted by Gasteiger charge is -2.10. The van der Waals surface area contributed by atoms with Gasteiger partial charge in [-0.1, -0.05) is 12.1 Å². The Morgan fingerprint density at radius 2 is 2.00 bits per heavy atom. The zero-order valence-corrected chi connectivity index (χ0v) is 12.3. The molecular formula is C14H10FIO4. The summed E-state index contributed by atoms with van der Waals surface area (Å²) in [6, 6.07) is 7.08. The number of phenolic OH excluding ortho intramolecular Hbond substituents is 2. The van der Waals surface area contributed by atoms with Crippen LogP contribution in [0.15, 0.2) is 30.3 Å². The van der Waals surface area contributed by atoms with Gasteiger partial charge in [-0.2, -0.15) is 0 Å². The van der Waals surface area contributed by atoms with Gasteiger partial charge in [-0.3, -0.25) is 4.79 Å². The van der Waals surface area contributed by atoms with Crippen LogP contribution in [0.3, 0.4) is 0 Å². The van der Waals surface area contributed by atoms with Gasteiger partial charge < -0.3 is 14.9 Å². The molecule has 0 unspecified atom stereocenters. The summed E-state index contributed by atoms with van der Waals surface area (Å²) in [4.78, 5) is 10.6. The maximum atomic E-state index is 13.8. The Labute approximate surface area is 128 Å². The molecule has 6 heteroatoms. The summed E-state index contributed by atoms with van der Waals surface area (Å²) in [6.45, 7) is -0.101. The molecule has 2 rings (SSSR count). The van der Waals surface area contributed by atoms with Crippen molar-refractivity contribution in [2.24, 2.45) is 0 Å². The van der Waals surface area contributed by atoms with E-state index >= 15 is 0 Å². The number of aldehydes is 1. The van der Waals surface area contributed by atoms with E-state index in [2.05, 4.69) is 0 Å². The third kappa shape index (κ3) is 3.01. The molecule has 0 amide bonds. The van der Waals surface area contributed by atoms with Gasteiger partial charge in [0.2, 0.25) is 0 Å². The van der Waals surface area contributed by atoms with Gasteiger partial charge in [-0.25, -0.2) is 4.39 Å². The fourth-order valence-corrected chi connectivity index (χ4v) is 2.15. The monoisotopic (exact) mass is 388 g/mol. The molecule has 0 aliphatic rings. The molecule has 0 saturated carbocycles. The summed E-state index contributed by atoms with van der Waals surface area (Å²) in [7, 11) is 0. The maximum absolute atomic E-state index is 13.8. The van der Waals surface area contributed by atoms with E-state index in [1.807, 2.05) is 22.6 Å². The van der Waals surface area contributed by atoms with Crippen molar-refractivity contribution in [1.82, 2.24) is 0 Å². The van der Waals surface area contributed by atoms with Gasteiger partial charge in [0.25, 0.3) is 0 Å². The topological polar surface area (TPSA) is 66.8 Å². The first-order valence-electron chi connectivity index (χ1n) is 5.59. The molecule has 0 spiro atoms. The maximum Gasteiger partial charge on any atom is 0.165 e. The number of phenols is 2. The molecule has 0 fully saturated rings. The minimum absolute atomic E-state index is 0.0219. The second-order valence-corrected chi connectivity index (χ2v) is 5.16. The van der Waals surface area contributed by atoms with Crippen LogP contribution in [0.1, 0.15) is 15.9 Å². The van der Waals surface area contributed by atoms with E-state index in [9.17, 15) is 19.4 Å². The van der Waals surface area contributed by atoms with Crippen molar-refractivity contribution in [3.63, 3.8) is 0 Å². The Hall–Kier alpha value is -1.83. The van der Waals surface area contributed by atoms with Crippen LogP contribution >= 0.6 is 22.6 Å². The summed E-state index contributed by atoms with van der Waals surface area (Å²) >= 11 is 1.87. The van der Waals surface area contributed by atoms with Crippen molar-refractivity contribution in [2.75, 3.05) is 0 Å². The van der Waals surface area contributed by atoms with Gasteiger partial charge in [0, 0.05) is 15.2 Å². The first kappa shape index (κ1) is 14.6. The number of hydrogen-bond acceptors (Lipinski definition) is 4. The molecule has 0 bridgehead atoms. The molecule has 2 aromatic rings. The van der Waals surface area contributed by atoms with Crippen molar-refractivity contribution < 1.29 is 24.1 Å². The molecule has 0 aliphatic carbocycles. The zero-order chi connectivity index (χ0) is 14.7. The Balaban J connectivity index is 2.21. The average Bonchev–Trinajstić information content (AvgIpc) is 2.43. The first-order valence-corrected chi connectivity index (χ1v) is 6.67. The van der Waals surface area contributed by atoms with E-state index in [0.29, 0.717) is 15.4 Å². The van der Waals surface area contributed by atoms with Gasteiger partial charge >= 0.3 is 0 Å². The zero-order valence-electron chi connectivity index (χ0n) is 10.1. The molecule has 104 valence electrons. The van der Waals surface area contributed by atoms with Gasteiger partial charge in [0.05, 0.1) is 5.56 Å². The van der Waals surface area contributed by atoms with Gasteiger partial charge in [0.1, 0.15) is 18.2 Å². The highest BCUT2D eigenvalue weighted by molar-refractivity contribution is 14.1. The third-order valence-electron chi connectivity index (χ3n) is 2.65. The third-order valence-corrected chi connectivity index (χ3v) is 3.48. The largest absolute Gasteiger partial charge is 0.507 e. The van der Waals surface area contributed by atoms with E-state index in [1.54, 1.807) is 18.2 Å². The van der Waals surface area contributed by atoms with Crippen LogP contribution in [0.2, 0.25) is 0 Å². The molecule has 2 N–H and O–H groups in total. The van der Waals surface area contributed by atoms with E-state index in [-0.39, 0.29) is 35.2 Å². The fourth-order valence-electron chi connectivity index (χ4n) is 1.60. The number of hydrogen-bond donors (Lipinski definition) is 2. The van der Waals surface area contributed by atoms with Crippen LogP contribution in [0.25, 0.3) is 0 Å². The lowest BCUT2D eigenvalue weighted by molar-refractivity contribution is 0.112. The summed E-state index contributed by atoms with van der Waals surface area (Å²) in [6.07, 6.45) is 0.415. The number of carbonyl (C=O) groups excluding carboxylic acids is 1. The SMILES string of the molecule is O=Cc1cc(O)c(OCc2cccc(I)c2F)cc1O. The predicted molar refractivity (Wildman–Crippen MR) is 78.6 cm³/mol. The van der Waals surface area contributed by atoms with Crippen LogP contribution in [0.5, 0.6) is 17.2 Å². The summed E-state index contributed by atoms with van der Waals surface area (Å²) < 4.78 is 19.5. The smallest absolute Gasteiger partial charge is 0.165 e. The molecule has 0 heterocycles. The van der Waals surface area contributed by atoms with Gasteiger partial charge in [-0.05, 0) is 34.7 Å². The highest BCUT2D eigenvalue weighted by atomic mass is 127. The van der Waals surface area contributed by atoms with E-state index in [1.165, 1.54) is 0 Å². The number of halogens is 2. The lowest BCUT2D eigenvalue weighted by atomic mass is 10.2. The molecule has 0 aliphatic heterocycles. The Kier molecular flexibility index (Phi) is 4.43. The molecule has 0 aromatic heterocycles. The summed E-state index contributed by atoms with van der Waals surface area (Å²) in [5.41, 5.74) is 0.283. The quantitative estimate of drug-likeness (QED) is 0.480. The van der Waals surface area contributed by atoms with Crippen molar-refractivity contribution >= 4 is 28.9 Å². The molecule has 2 aromatic carbocycles.